The van der Waals surface area contributed by atoms with Crippen LogP contribution in [0.1, 0.15) is 23.0 Å². The number of morpholine rings is 1. The van der Waals surface area contributed by atoms with Crippen molar-refractivity contribution in [2.24, 2.45) is 0 Å². The number of furan rings is 1. The maximum atomic E-state index is 13.5. The van der Waals surface area contributed by atoms with Gasteiger partial charge in [-0.3, -0.25) is 4.79 Å². The van der Waals surface area contributed by atoms with Crippen LogP contribution in [0.25, 0.3) is 22.3 Å². The molecule has 1 saturated heterocycles. The Morgan fingerprint density at radius 2 is 2.07 bits per heavy atom. The number of hydrogen-bond acceptors (Lipinski definition) is 5. The molecule has 1 amide bonds. The lowest BCUT2D eigenvalue weighted by Gasteiger charge is -2.31. The number of carbonyl (C=O) groups is 1. The SMILES string of the molecule is CC1CN(C(=O)c2cc(-c3ccccc3)nc3c2cnn3Cc2ccco2)CCO1. The molecule has 0 spiro atoms. The van der Waals surface area contributed by atoms with Gasteiger partial charge in [0, 0.05) is 18.7 Å². The molecule has 1 unspecified atom stereocenters. The molecule has 30 heavy (non-hydrogen) atoms. The number of carbonyl (C=O) groups excluding carboxylic acids is 1. The summed E-state index contributed by atoms with van der Waals surface area (Å²) in [6, 6.07) is 15.5. The van der Waals surface area contributed by atoms with E-state index in [0.717, 1.165) is 22.4 Å². The fraction of sp³-hybridized carbons (Fsp3) is 0.261. The molecule has 1 aliphatic heterocycles. The number of aromatic nitrogens is 3. The van der Waals surface area contributed by atoms with Crippen LogP contribution < -0.4 is 0 Å². The highest BCUT2D eigenvalue weighted by molar-refractivity contribution is 6.06. The smallest absolute Gasteiger partial charge is 0.254 e. The minimum absolute atomic E-state index is 0.0210. The zero-order valence-corrected chi connectivity index (χ0v) is 16.7. The lowest BCUT2D eigenvalue weighted by molar-refractivity contribution is -0.0123. The Bertz CT molecular complexity index is 1170. The van der Waals surface area contributed by atoms with E-state index in [4.69, 9.17) is 14.1 Å². The Morgan fingerprint density at radius 1 is 1.20 bits per heavy atom. The van der Waals surface area contributed by atoms with Crippen molar-refractivity contribution < 1.29 is 13.9 Å². The summed E-state index contributed by atoms with van der Waals surface area (Å²) in [5, 5.41) is 5.25. The minimum Gasteiger partial charge on any atom is -0.467 e. The molecule has 152 valence electrons. The molecule has 4 heterocycles. The van der Waals surface area contributed by atoms with Gasteiger partial charge in [-0.2, -0.15) is 5.10 Å². The molecule has 0 saturated carbocycles. The van der Waals surface area contributed by atoms with Crippen molar-refractivity contribution in [2.45, 2.75) is 19.6 Å². The molecule has 0 radical (unpaired) electrons. The Kier molecular flexibility index (Phi) is 4.80. The molecule has 0 N–H and O–H groups in total. The van der Waals surface area contributed by atoms with Crippen LogP contribution in [0.5, 0.6) is 0 Å². The van der Waals surface area contributed by atoms with Crippen LogP contribution in [-0.2, 0) is 11.3 Å². The quantitative estimate of drug-likeness (QED) is 0.521. The Labute approximate surface area is 173 Å². The normalized spacial score (nSPS) is 16.8. The van der Waals surface area contributed by atoms with Gasteiger partial charge in [-0.25, -0.2) is 9.67 Å². The van der Waals surface area contributed by atoms with Gasteiger partial charge in [-0.1, -0.05) is 30.3 Å². The number of amides is 1. The van der Waals surface area contributed by atoms with E-state index in [1.54, 1.807) is 17.1 Å². The largest absolute Gasteiger partial charge is 0.467 e. The van der Waals surface area contributed by atoms with Crippen LogP contribution in [0.3, 0.4) is 0 Å². The average molecular weight is 402 g/mol. The van der Waals surface area contributed by atoms with Gasteiger partial charge in [0.1, 0.15) is 12.3 Å². The summed E-state index contributed by atoms with van der Waals surface area (Å²) in [6.07, 6.45) is 3.38. The van der Waals surface area contributed by atoms with Crippen LogP contribution >= 0.6 is 0 Å². The highest BCUT2D eigenvalue weighted by Crippen LogP contribution is 2.27. The highest BCUT2D eigenvalue weighted by Gasteiger charge is 2.26. The van der Waals surface area contributed by atoms with E-state index in [9.17, 15) is 4.79 Å². The second-order valence-electron chi connectivity index (χ2n) is 7.47. The van der Waals surface area contributed by atoms with Gasteiger partial charge in [0.25, 0.3) is 5.91 Å². The van der Waals surface area contributed by atoms with Gasteiger partial charge in [0.05, 0.1) is 41.8 Å². The van der Waals surface area contributed by atoms with Crippen molar-refractivity contribution in [3.05, 3.63) is 72.3 Å². The monoisotopic (exact) mass is 402 g/mol. The molecular formula is C23H22N4O3. The van der Waals surface area contributed by atoms with E-state index in [-0.39, 0.29) is 12.0 Å². The first-order valence-corrected chi connectivity index (χ1v) is 10.0. The van der Waals surface area contributed by atoms with Crippen molar-refractivity contribution in [1.82, 2.24) is 19.7 Å². The van der Waals surface area contributed by atoms with Crippen molar-refractivity contribution in [3.8, 4) is 11.3 Å². The summed E-state index contributed by atoms with van der Waals surface area (Å²) in [4.78, 5) is 20.2. The van der Waals surface area contributed by atoms with Gasteiger partial charge in [0.15, 0.2) is 5.65 Å². The van der Waals surface area contributed by atoms with Gasteiger partial charge in [0.2, 0.25) is 0 Å². The highest BCUT2D eigenvalue weighted by atomic mass is 16.5. The molecule has 1 atom stereocenters. The lowest BCUT2D eigenvalue weighted by atomic mass is 10.1. The molecule has 1 aromatic carbocycles. The zero-order chi connectivity index (χ0) is 20.5. The predicted octanol–water partition coefficient (Wildman–Crippen LogP) is 3.60. The summed E-state index contributed by atoms with van der Waals surface area (Å²) in [5.41, 5.74) is 2.97. The number of rotatable bonds is 4. The Hall–Kier alpha value is -3.45. The molecule has 0 aliphatic carbocycles. The first-order valence-electron chi connectivity index (χ1n) is 10.0. The van der Waals surface area contributed by atoms with Crippen LogP contribution in [0.15, 0.2) is 65.4 Å². The fourth-order valence-corrected chi connectivity index (χ4v) is 3.82. The van der Waals surface area contributed by atoms with Crippen molar-refractivity contribution in [1.29, 1.82) is 0 Å². The number of pyridine rings is 1. The third kappa shape index (κ3) is 3.48. The third-order valence-electron chi connectivity index (χ3n) is 5.32. The predicted molar refractivity (Wildman–Crippen MR) is 112 cm³/mol. The molecule has 7 nitrogen and oxygen atoms in total. The van der Waals surface area contributed by atoms with Crippen molar-refractivity contribution in [2.75, 3.05) is 19.7 Å². The third-order valence-corrected chi connectivity index (χ3v) is 5.32. The number of nitrogens with zero attached hydrogens (tertiary/aromatic N) is 4. The number of benzene rings is 1. The first kappa shape index (κ1) is 18.6. The summed E-state index contributed by atoms with van der Waals surface area (Å²) < 4.78 is 12.9. The maximum Gasteiger partial charge on any atom is 0.254 e. The molecule has 4 aromatic rings. The van der Waals surface area contributed by atoms with E-state index in [1.807, 2.05) is 60.4 Å². The van der Waals surface area contributed by atoms with Crippen molar-refractivity contribution >= 4 is 16.9 Å². The van der Waals surface area contributed by atoms with E-state index in [2.05, 4.69) is 5.10 Å². The van der Waals surface area contributed by atoms with Crippen molar-refractivity contribution in [3.63, 3.8) is 0 Å². The van der Waals surface area contributed by atoms with Crippen LogP contribution in [0, 0.1) is 0 Å². The molecule has 5 rings (SSSR count). The minimum atomic E-state index is -0.0210. The van der Waals surface area contributed by atoms with Crippen LogP contribution in [-0.4, -0.2) is 51.4 Å². The second kappa shape index (κ2) is 7.76. The van der Waals surface area contributed by atoms with Gasteiger partial charge < -0.3 is 14.1 Å². The summed E-state index contributed by atoms with van der Waals surface area (Å²) in [7, 11) is 0. The number of ether oxygens (including phenoxy) is 1. The average Bonchev–Trinajstić information content (AvgIpc) is 3.44. The maximum absolute atomic E-state index is 13.5. The standard InChI is InChI=1S/C23H22N4O3/c1-16-14-26(9-11-29-16)23(28)19-12-21(17-6-3-2-4-7-17)25-22-20(19)13-24-27(22)15-18-8-5-10-30-18/h2-8,10,12-13,16H,9,11,14-15H2,1H3. The van der Waals surface area contributed by atoms with Gasteiger partial charge in [-0.15, -0.1) is 0 Å². The number of fused-ring (bicyclic) bond motifs is 1. The van der Waals surface area contributed by atoms with Crippen LogP contribution in [0.2, 0.25) is 0 Å². The fourth-order valence-electron chi connectivity index (χ4n) is 3.82. The number of hydrogen-bond donors (Lipinski definition) is 0. The van der Waals surface area contributed by atoms with Gasteiger partial charge >= 0.3 is 0 Å². The van der Waals surface area contributed by atoms with E-state index < -0.39 is 0 Å². The van der Waals surface area contributed by atoms with E-state index >= 15 is 0 Å². The van der Waals surface area contributed by atoms with E-state index in [0.29, 0.717) is 37.5 Å². The molecular weight excluding hydrogens is 380 g/mol. The Morgan fingerprint density at radius 3 is 2.83 bits per heavy atom. The summed E-state index contributed by atoms with van der Waals surface area (Å²) >= 11 is 0. The molecule has 1 fully saturated rings. The molecule has 3 aromatic heterocycles. The second-order valence-corrected chi connectivity index (χ2v) is 7.47. The molecule has 7 heteroatoms. The Balaban J connectivity index is 1.63. The van der Waals surface area contributed by atoms with Crippen LogP contribution in [0.4, 0.5) is 0 Å². The lowest BCUT2D eigenvalue weighted by Crippen LogP contribution is -2.44. The topological polar surface area (TPSA) is 73.4 Å². The zero-order valence-electron chi connectivity index (χ0n) is 16.7. The van der Waals surface area contributed by atoms with E-state index in [1.165, 1.54) is 0 Å². The summed E-state index contributed by atoms with van der Waals surface area (Å²) in [6.45, 7) is 4.13. The summed E-state index contributed by atoms with van der Waals surface area (Å²) in [5.74, 6) is 0.758. The molecule has 0 bridgehead atoms. The first-order chi connectivity index (χ1) is 14.7. The van der Waals surface area contributed by atoms with Gasteiger partial charge in [-0.05, 0) is 25.1 Å². The molecule has 1 aliphatic rings.